The number of nitriles is 1. The van der Waals surface area contributed by atoms with Crippen molar-refractivity contribution < 1.29 is 14.6 Å². The topological polar surface area (TPSA) is 94.7 Å². The van der Waals surface area contributed by atoms with Gasteiger partial charge in [0.15, 0.2) is 6.61 Å². The molecule has 7 heteroatoms. The Morgan fingerprint density at radius 1 is 1.33 bits per heavy atom. The zero-order valence-electron chi connectivity index (χ0n) is 12.8. The Morgan fingerprint density at radius 3 is 2.71 bits per heavy atom. The Hall–Kier alpha value is -2.85. The van der Waals surface area contributed by atoms with Gasteiger partial charge in [-0.1, -0.05) is 15.9 Å². The van der Waals surface area contributed by atoms with Crippen molar-refractivity contribution in [3.63, 3.8) is 0 Å². The van der Waals surface area contributed by atoms with E-state index in [0.717, 1.165) is 4.47 Å². The third-order valence-corrected chi connectivity index (χ3v) is 3.54. The van der Waals surface area contributed by atoms with E-state index in [-0.39, 0.29) is 12.4 Å². The summed E-state index contributed by atoms with van der Waals surface area (Å²) in [4.78, 5) is 11.8. The molecule has 1 amide bonds. The average Bonchev–Trinajstić information content (AvgIpc) is 2.60. The Balaban J connectivity index is 1.92. The zero-order valence-corrected chi connectivity index (χ0v) is 14.4. The molecule has 0 fully saturated rings. The van der Waals surface area contributed by atoms with Gasteiger partial charge in [0, 0.05) is 10.0 Å². The van der Waals surface area contributed by atoms with E-state index in [1.54, 1.807) is 43.3 Å². The van der Waals surface area contributed by atoms with Crippen molar-refractivity contribution in [3.05, 3.63) is 58.1 Å². The van der Waals surface area contributed by atoms with Crippen LogP contribution < -0.4 is 10.2 Å². The molecule has 2 N–H and O–H groups in total. The van der Waals surface area contributed by atoms with Gasteiger partial charge >= 0.3 is 0 Å². The number of benzene rings is 2. The van der Waals surface area contributed by atoms with Crippen LogP contribution in [0.4, 0.5) is 0 Å². The number of carbonyl (C=O) groups excluding carboxylic acids is 1. The fraction of sp³-hybridized carbons (Fsp3) is 0.118. The molecular weight excluding hydrogens is 374 g/mol. The molecule has 0 aliphatic heterocycles. The number of phenols is 1. The number of hydrazone groups is 1. The van der Waals surface area contributed by atoms with Crippen LogP contribution in [0.25, 0.3) is 0 Å². The zero-order chi connectivity index (χ0) is 17.5. The van der Waals surface area contributed by atoms with E-state index >= 15 is 0 Å². The van der Waals surface area contributed by atoms with Gasteiger partial charge in [-0.25, -0.2) is 5.43 Å². The smallest absolute Gasteiger partial charge is 0.277 e. The van der Waals surface area contributed by atoms with E-state index in [1.165, 1.54) is 6.07 Å². The number of aromatic hydroxyl groups is 1. The van der Waals surface area contributed by atoms with Gasteiger partial charge in [0.05, 0.1) is 17.3 Å². The summed E-state index contributed by atoms with van der Waals surface area (Å²) in [7, 11) is 0. The van der Waals surface area contributed by atoms with Crippen LogP contribution in [0.3, 0.4) is 0 Å². The summed E-state index contributed by atoms with van der Waals surface area (Å²) in [5.74, 6) is 0.116. The van der Waals surface area contributed by atoms with Gasteiger partial charge in [-0.3, -0.25) is 4.79 Å². The normalized spacial score (nSPS) is 10.8. The van der Waals surface area contributed by atoms with Crippen LogP contribution in [-0.2, 0) is 4.79 Å². The van der Waals surface area contributed by atoms with Gasteiger partial charge in [-0.2, -0.15) is 10.4 Å². The number of nitrogens with zero attached hydrogens (tertiary/aromatic N) is 2. The first-order valence-electron chi connectivity index (χ1n) is 6.94. The molecule has 0 heterocycles. The molecule has 0 aromatic heterocycles. The summed E-state index contributed by atoms with van der Waals surface area (Å²) < 4.78 is 6.09. The van der Waals surface area contributed by atoms with Gasteiger partial charge in [-0.15, -0.1) is 0 Å². The van der Waals surface area contributed by atoms with Crippen molar-refractivity contribution in [2.75, 3.05) is 6.61 Å². The number of hydrogen-bond donors (Lipinski definition) is 2. The molecular formula is C17H14BrN3O3. The van der Waals surface area contributed by atoms with E-state index in [2.05, 4.69) is 26.5 Å². The largest absolute Gasteiger partial charge is 0.507 e. The second-order valence-electron chi connectivity index (χ2n) is 4.82. The molecule has 0 atom stereocenters. The third kappa shape index (κ3) is 4.83. The fourth-order valence-corrected chi connectivity index (χ4v) is 2.17. The van der Waals surface area contributed by atoms with E-state index in [0.29, 0.717) is 22.6 Å². The molecule has 0 aliphatic carbocycles. The summed E-state index contributed by atoms with van der Waals surface area (Å²) in [6, 6.07) is 13.4. The van der Waals surface area contributed by atoms with Crippen LogP contribution >= 0.6 is 15.9 Å². The number of phenolic OH excluding ortho intramolecular Hbond substituents is 1. The average molecular weight is 388 g/mol. The van der Waals surface area contributed by atoms with E-state index < -0.39 is 5.91 Å². The number of nitrogens with one attached hydrogen (secondary N) is 1. The first-order chi connectivity index (χ1) is 11.5. The minimum atomic E-state index is -0.437. The summed E-state index contributed by atoms with van der Waals surface area (Å²) in [6.07, 6.45) is 0. The highest BCUT2D eigenvalue weighted by atomic mass is 79.9. The Kier molecular flexibility index (Phi) is 5.93. The SMILES string of the molecule is C/C(=N\NC(=O)COc1ccc(C#N)cc1)c1cc(Br)ccc1O. The van der Waals surface area contributed by atoms with Gasteiger partial charge in [0.25, 0.3) is 5.91 Å². The highest BCUT2D eigenvalue weighted by Gasteiger charge is 2.07. The van der Waals surface area contributed by atoms with Crippen molar-refractivity contribution in [2.45, 2.75) is 6.92 Å². The molecule has 2 aromatic carbocycles. The molecule has 0 spiro atoms. The minimum absolute atomic E-state index is 0.0718. The standard InChI is InChI=1S/C17H14BrN3O3/c1-11(15-8-13(18)4-7-16(15)22)20-21-17(23)10-24-14-5-2-12(9-19)3-6-14/h2-8,22H,10H2,1H3,(H,21,23)/b20-11+. The predicted molar refractivity (Wildman–Crippen MR) is 92.8 cm³/mol. The monoisotopic (exact) mass is 387 g/mol. The van der Waals surface area contributed by atoms with E-state index in [1.807, 2.05) is 6.07 Å². The molecule has 6 nitrogen and oxygen atoms in total. The van der Waals surface area contributed by atoms with Crippen LogP contribution in [0.15, 0.2) is 52.0 Å². The van der Waals surface area contributed by atoms with Crippen molar-refractivity contribution in [1.29, 1.82) is 5.26 Å². The molecule has 24 heavy (non-hydrogen) atoms. The summed E-state index contributed by atoms with van der Waals surface area (Å²) in [6.45, 7) is 1.45. The lowest BCUT2D eigenvalue weighted by molar-refractivity contribution is -0.123. The molecule has 0 saturated carbocycles. The molecule has 2 rings (SSSR count). The first kappa shape index (κ1) is 17.5. The summed E-state index contributed by atoms with van der Waals surface area (Å²) in [5, 5.41) is 22.5. The lowest BCUT2D eigenvalue weighted by Crippen LogP contribution is -2.25. The van der Waals surface area contributed by atoms with Gasteiger partial charge in [-0.05, 0) is 49.4 Å². The predicted octanol–water partition coefficient (Wildman–Crippen LogP) is 2.95. The number of rotatable bonds is 5. The van der Waals surface area contributed by atoms with Crippen LogP contribution in [-0.4, -0.2) is 23.3 Å². The van der Waals surface area contributed by atoms with Crippen LogP contribution in [0.1, 0.15) is 18.1 Å². The number of halogens is 1. The Morgan fingerprint density at radius 2 is 2.04 bits per heavy atom. The highest BCUT2D eigenvalue weighted by Crippen LogP contribution is 2.22. The molecule has 0 radical (unpaired) electrons. The number of amides is 1. The van der Waals surface area contributed by atoms with Crippen molar-refractivity contribution >= 4 is 27.5 Å². The van der Waals surface area contributed by atoms with Crippen LogP contribution in [0.2, 0.25) is 0 Å². The Bertz CT molecular complexity index is 811. The lowest BCUT2D eigenvalue weighted by Gasteiger charge is -2.07. The second-order valence-corrected chi connectivity index (χ2v) is 5.73. The first-order valence-corrected chi connectivity index (χ1v) is 7.74. The van der Waals surface area contributed by atoms with Gasteiger partial charge in [0.1, 0.15) is 11.5 Å². The van der Waals surface area contributed by atoms with E-state index in [9.17, 15) is 9.90 Å². The van der Waals surface area contributed by atoms with Gasteiger partial charge in [0.2, 0.25) is 0 Å². The van der Waals surface area contributed by atoms with E-state index in [4.69, 9.17) is 10.00 Å². The molecule has 0 bridgehead atoms. The van der Waals surface area contributed by atoms with Crippen LogP contribution in [0, 0.1) is 11.3 Å². The Labute approximate surface area is 147 Å². The third-order valence-electron chi connectivity index (χ3n) is 3.05. The quantitative estimate of drug-likeness (QED) is 0.608. The number of ether oxygens (including phenoxy) is 1. The van der Waals surface area contributed by atoms with Crippen LogP contribution in [0.5, 0.6) is 11.5 Å². The lowest BCUT2D eigenvalue weighted by atomic mass is 10.1. The fourth-order valence-electron chi connectivity index (χ4n) is 1.81. The number of carbonyl (C=O) groups is 1. The molecule has 0 unspecified atom stereocenters. The van der Waals surface area contributed by atoms with Gasteiger partial charge < -0.3 is 9.84 Å². The second kappa shape index (κ2) is 8.13. The maximum Gasteiger partial charge on any atom is 0.277 e. The van der Waals surface area contributed by atoms with Crippen molar-refractivity contribution in [1.82, 2.24) is 5.43 Å². The number of hydrogen-bond acceptors (Lipinski definition) is 5. The summed E-state index contributed by atoms with van der Waals surface area (Å²) in [5.41, 5.74) is 3.85. The molecule has 0 aliphatic rings. The highest BCUT2D eigenvalue weighted by molar-refractivity contribution is 9.10. The molecule has 122 valence electrons. The molecule has 2 aromatic rings. The maximum absolute atomic E-state index is 11.8. The summed E-state index contributed by atoms with van der Waals surface area (Å²) >= 11 is 3.31. The minimum Gasteiger partial charge on any atom is -0.507 e. The van der Waals surface area contributed by atoms with Crippen molar-refractivity contribution in [3.8, 4) is 17.6 Å². The molecule has 0 saturated heterocycles. The van der Waals surface area contributed by atoms with Crippen molar-refractivity contribution in [2.24, 2.45) is 5.10 Å². The maximum atomic E-state index is 11.8.